The molecule has 0 fully saturated rings. The summed E-state index contributed by atoms with van der Waals surface area (Å²) in [7, 11) is 0. The molecule has 0 bridgehead atoms. The second-order valence-corrected chi connectivity index (χ2v) is 4.85. The third-order valence-corrected chi connectivity index (χ3v) is 3.09. The van der Waals surface area contributed by atoms with Crippen molar-refractivity contribution in [1.82, 2.24) is 9.97 Å². The Morgan fingerprint density at radius 1 is 1.05 bits per heavy atom. The summed E-state index contributed by atoms with van der Waals surface area (Å²) in [5.41, 5.74) is 10.0. The minimum absolute atomic E-state index is 0.200. The first-order valence-electron chi connectivity index (χ1n) is 6.51. The second kappa shape index (κ2) is 5.20. The predicted molar refractivity (Wildman–Crippen MR) is 83.1 cm³/mol. The number of carbonyl (C=O) groups excluding carboxylic acids is 1. The van der Waals surface area contributed by atoms with Crippen molar-refractivity contribution in [1.29, 1.82) is 0 Å². The Morgan fingerprint density at radius 3 is 2.57 bits per heavy atom. The average molecular weight is 278 g/mol. The van der Waals surface area contributed by atoms with Crippen LogP contribution in [0.2, 0.25) is 0 Å². The summed E-state index contributed by atoms with van der Waals surface area (Å²) in [4.78, 5) is 20.7. The maximum atomic E-state index is 12.3. The highest BCUT2D eigenvalue weighted by Gasteiger charge is 2.08. The maximum Gasteiger partial charge on any atom is 0.255 e. The van der Waals surface area contributed by atoms with Crippen LogP contribution in [0.25, 0.3) is 11.0 Å². The second-order valence-electron chi connectivity index (χ2n) is 4.85. The number of rotatable bonds is 2. The molecule has 0 aliphatic carbocycles. The SMILES string of the molecule is Cc1cc(N)cc(C(=O)Nc2ccc3nccnc3c2)c1. The summed E-state index contributed by atoms with van der Waals surface area (Å²) in [6.45, 7) is 1.90. The molecule has 1 heterocycles. The van der Waals surface area contributed by atoms with Gasteiger partial charge in [0.15, 0.2) is 0 Å². The molecule has 0 saturated carbocycles. The highest BCUT2D eigenvalue weighted by atomic mass is 16.1. The summed E-state index contributed by atoms with van der Waals surface area (Å²) in [6.07, 6.45) is 3.26. The zero-order valence-electron chi connectivity index (χ0n) is 11.5. The van der Waals surface area contributed by atoms with Crippen LogP contribution in [0, 0.1) is 6.92 Å². The average Bonchev–Trinajstić information content (AvgIpc) is 2.46. The lowest BCUT2D eigenvalue weighted by atomic mass is 10.1. The Balaban J connectivity index is 1.88. The van der Waals surface area contributed by atoms with Crippen LogP contribution >= 0.6 is 0 Å². The summed E-state index contributed by atoms with van der Waals surface area (Å²) in [6, 6.07) is 10.7. The van der Waals surface area contributed by atoms with E-state index in [0.717, 1.165) is 16.6 Å². The van der Waals surface area contributed by atoms with E-state index in [9.17, 15) is 4.79 Å². The van der Waals surface area contributed by atoms with Gasteiger partial charge < -0.3 is 11.1 Å². The topological polar surface area (TPSA) is 80.9 Å². The first-order chi connectivity index (χ1) is 10.1. The van der Waals surface area contributed by atoms with E-state index < -0.39 is 0 Å². The normalized spacial score (nSPS) is 10.5. The quantitative estimate of drug-likeness (QED) is 0.706. The monoisotopic (exact) mass is 278 g/mol. The summed E-state index contributed by atoms with van der Waals surface area (Å²) < 4.78 is 0. The van der Waals surface area contributed by atoms with Crippen LogP contribution in [0.4, 0.5) is 11.4 Å². The number of nitrogens with one attached hydrogen (secondary N) is 1. The van der Waals surface area contributed by atoms with E-state index in [0.29, 0.717) is 16.9 Å². The van der Waals surface area contributed by atoms with Crippen molar-refractivity contribution < 1.29 is 4.79 Å². The van der Waals surface area contributed by atoms with Crippen LogP contribution < -0.4 is 11.1 Å². The molecule has 1 amide bonds. The van der Waals surface area contributed by atoms with E-state index in [-0.39, 0.29) is 5.91 Å². The van der Waals surface area contributed by atoms with Gasteiger partial charge in [-0.3, -0.25) is 14.8 Å². The molecule has 0 atom stereocenters. The Morgan fingerprint density at radius 2 is 1.81 bits per heavy atom. The van der Waals surface area contributed by atoms with E-state index in [1.807, 2.05) is 19.1 Å². The minimum atomic E-state index is -0.200. The highest BCUT2D eigenvalue weighted by molar-refractivity contribution is 6.05. The zero-order chi connectivity index (χ0) is 14.8. The number of fused-ring (bicyclic) bond motifs is 1. The molecule has 2 aromatic carbocycles. The smallest absolute Gasteiger partial charge is 0.255 e. The number of nitrogens with two attached hydrogens (primary N) is 1. The Bertz CT molecular complexity index is 809. The molecule has 21 heavy (non-hydrogen) atoms. The lowest BCUT2D eigenvalue weighted by Gasteiger charge is -2.07. The molecule has 0 saturated heterocycles. The molecular formula is C16H14N4O. The van der Waals surface area contributed by atoms with Crippen molar-refractivity contribution in [3.63, 3.8) is 0 Å². The van der Waals surface area contributed by atoms with Gasteiger partial charge in [-0.25, -0.2) is 0 Å². The van der Waals surface area contributed by atoms with E-state index in [1.165, 1.54) is 0 Å². The van der Waals surface area contributed by atoms with Gasteiger partial charge in [0, 0.05) is 29.3 Å². The number of carbonyl (C=O) groups is 1. The molecule has 1 aromatic heterocycles. The fraction of sp³-hybridized carbons (Fsp3) is 0.0625. The molecule has 3 N–H and O–H groups in total. The number of nitrogens with zero attached hydrogens (tertiary/aromatic N) is 2. The van der Waals surface area contributed by atoms with Crippen LogP contribution in [-0.2, 0) is 0 Å². The largest absolute Gasteiger partial charge is 0.399 e. The van der Waals surface area contributed by atoms with Crippen molar-refractivity contribution >= 4 is 28.3 Å². The molecule has 5 heteroatoms. The molecule has 0 unspecified atom stereocenters. The number of nitrogen functional groups attached to an aromatic ring is 1. The third-order valence-electron chi connectivity index (χ3n) is 3.09. The molecule has 3 aromatic rings. The van der Waals surface area contributed by atoms with Crippen molar-refractivity contribution in [2.24, 2.45) is 0 Å². The summed E-state index contributed by atoms with van der Waals surface area (Å²) in [5, 5.41) is 2.84. The van der Waals surface area contributed by atoms with Gasteiger partial charge in [0.05, 0.1) is 11.0 Å². The van der Waals surface area contributed by atoms with Gasteiger partial charge in [-0.1, -0.05) is 0 Å². The van der Waals surface area contributed by atoms with Crippen LogP contribution in [0.15, 0.2) is 48.8 Å². The highest BCUT2D eigenvalue weighted by Crippen LogP contribution is 2.17. The Hall–Kier alpha value is -2.95. The van der Waals surface area contributed by atoms with Gasteiger partial charge in [-0.2, -0.15) is 0 Å². The van der Waals surface area contributed by atoms with E-state index in [1.54, 1.807) is 36.7 Å². The van der Waals surface area contributed by atoms with Crippen molar-refractivity contribution in [2.75, 3.05) is 11.1 Å². The molecule has 5 nitrogen and oxygen atoms in total. The fourth-order valence-electron chi connectivity index (χ4n) is 2.19. The fourth-order valence-corrected chi connectivity index (χ4v) is 2.19. The number of anilines is 2. The van der Waals surface area contributed by atoms with E-state index >= 15 is 0 Å². The molecule has 0 aliphatic heterocycles. The van der Waals surface area contributed by atoms with Crippen molar-refractivity contribution in [3.05, 3.63) is 59.9 Å². The van der Waals surface area contributed by atoms with Crippen LogP contribution in [0.1, 0.15) is 15.9 Å². The maximum absolute atomic E-state index is 12.3. The number of aromatic nitrogens is 2. The molecule has 0 radical (unpaired) electrons. The van der Waals surface area contributed by atoms with E-state index in [4.69, 9.17) is 5.73 Å². The van der Waals surface area contributed by atoms with Gasteiger partial charge in [0.2, 0.25) is 0 Å². The first kappa shape index (κ1) is 13.1. The predicted octanol–water partition coefficient (Wildman–Crippen LogP) is 2.77. The van der Waals surface area contributed by atoms with Crippen LogP contribution in [0.3, 0.4) is 0 Å². The van der Waals surface area contributed by atoms with Gasteiger partial charge in [-0.15, -0.1) is 0 Å². The Kier molecular flexibility index (Phi) is 3.23. The third kappa shape index (κ3) is 2.81. The molecule has 0 spiro atoms. The number of amides is 1. The Labute approximate surface area is 121 Å². The lowest BCUT2D eigenvalue weighted by Crippen LogP contribution is -2.12. The molecule has 3 rings (SSSR count). The summed E-state index contributed by atoms with van der Waals surface area (Å²) in [5.74, 6) is -0.200. The number of aryl methyl sites for hydroxylation is 1. The van der Waals surface area contributed by atoms with Gasteiger partial charge >= 0.3 is 0 Å². The van der Waals surface area contributed by atoms with Crippen LogP contribution in [-0.4, -0.2) is 15.9 Å². The lowest BCUT2D eigenvalue weighted by molar-refractivity contribution is 0.102. The number of hydrogen-bond donors (Lipinski definition) is 2. The number of hydrogen-bond acceptors (Lipinski definition) is 4. The van der Waals surface area contributed by atoms with E-state index in [2.05, 4.69) is 15.3 Å². The molecule has 104 valence electrons. The van der Waals surface area contributed by atoms with Gasteiger partial charge in [0.25, 0.3) is 5.91 Å². The van der Waals surface area contributed by atoms with Crippen LogP contribution in [0.5, 0.6) is 0 Å². The zero-order valence-corrected chi connectivity index (χ0v) is 11.5. The molecule has 0 aliphatic rings. The van der Waals surface area contributed by atoms with Crippen molar-refractivity contribution in [3.8, 4) is 0 Å². The summed E-state index contributed by atoms with van der Waals surface area (Å²) >= 11 is 0. The number of benzene rings is 2. The van der Waals surface area contributed by atoms with Gasteiger partial charge in [-0.05, 0) is 48.9 Å². The van der Waals surface area contributed by atoms with Crippen molar-refractivity contribution in [2.45, 2.75) is 6.92 Å². The molecular weight excluding hydrogens is 264 g/mol. The standard InChI is InChI=1S/C16H14N4O/c1-10-6-11(8-12(17)7-10)16(21)20-13-2-3-14-15(9-13)19-5-4-18-14/h2-9H,17H2,1H3,(H,20,21). The first-order valence-corrected chi connectivity index (χ1v) is 6.51. The minimum Gasteiger partial charge on any atom is -0.399 e. The van der Waals surface area contributed by atoms with Gasteiger partial charge in [0.1, 0.15) is 0 Å².